The molecule has 3 aromatic rings. The predicted octanol–water partition coefficient (Wildman–Crippen LogP) is 17.6. The van der Waals surface area contributed by atoms with Gasteiger partial charge in [-0.3, -0.25) is 4.79 Å². The standard InChI is InChI=1S/C59H93O5P/c1-17-18-19-20-21-22-23-24-25-26-27-28-29-30-31-32-35-63-48(60)34-33-43-51-49-44(36-40(2)38-46(49)56(5,6)7)42(4)45-37-41(3)39-47(57(8,9)10)50(45)52(43)54(59(14,15)16)55(64-65(61)62)53(51)58(11,12)13/h36-39,42,61-62H,17-35H2,1-16H3. The summed E-state index contributed by atoms with van der Waals surface area (Å²) >= 11 is 0. The first kappa shape index (κ1) is 54.9. The van der Waals surface area contributed by atoms with Crippen molar-refractivity contribution in [3.05, 3.63) is 74.3 Å². The molecule has 6 heteroatoms. The number of aryl methyl sites for hydroxylation is 2. The van der Waals surface area contributed by atoms with Gasteiger partial charge in [0.15, 0.2) is 0 Å². The molecule has 0 saturated heterocycles. The zero-order chi connectivity index (χ0) is 48.5. The SMILES string of the molecule is CCCCCCCCCCCCCCCCCCOC(=O)CCc1c2c(C(C)(C)C)c(OP(O)O)c(C(C)(C)C)c1-c1c(cc(C)cc1C(C)(C)C)C(C)c1cc(C)cc(C(C)(C)C)c1-2. The summed E-state index contributed by atoms with van der Waals surface area (Å²) in [6.07, 6.45) is 21.6. The molecule has 3 aromatic carbocycles. The van der Waals surface area contributed by atoms with Crippen LogP contribution < -0.4 is 4.52 Å². The molecule has 0 saturated carbocycles. The Morgan fingerprint density at radius 1 is 0.554 bits per heavy atom. The van der Waals surface area contributed by atoms with E-state index in [1.807, 2.05) is 0 Å². The number of hydrogen-bond acceptors (Lipinski definition) is 5. The molecule has 1 aliphatic rings. The van der Waals surface area contributed by atoms with E-state index < -0.39 is 19.4 Å². The first-order chi connectivity index (χ1) is 30.3. The molecule has 0 unspecified atom stereocenters. The van der Waals surface area contributed by atoms with E-state index in [1.165, 1.54) is 134 Å². The van der Waals surface area contributed by atoms with Crippen LogP contribution in [-0.2, 0) is 37.6 Å². The maximum atomic E-state index is 14.0. The topological polar surface area (TPSA) is 76.0 Å². The van der Waals surface area contributed by atoms with Crippen LogP contribution in [0.25, 0.3) is 22.3 Å². The molecular formula is C59H93O5P. The number of carbonyl (C=O) groups excluding carboxylic acids is 1. The number of fused-ring (bicyclic) bond motifs is 6. The lowest BCUT2D eigenvalue weighted by atomic mass is 9.63. The second-order valence-corrected chi connectivity index (χ2v) is 24.6. The Labute approximate surface area is 399 Å². The lowest BCUT2D eigenvalue weighted by molar-refractivity contribution is -0.143. The number of hydrogen-bond donors (Lipinski definition) is 2. The van der Waals surface area contributed by atoms with E-state index in [1.54, 1.807) is 0 Å². The summed E-state index contributed by atoms with van der Waals surface area (Å²) in [7, 11) is -2.76. The Kier molecular flexibility index (Phi) is 19.9. The third-order valence-electron chi connectivity index (χ3n) is 13.7. The highest BCUT2D eigenvalue weighted by atomic mass is 31.2. The van der Waals surface area contributed by atoms with Crippen LogP contribution in [0.4, 0.5) is 0 Å². The van der Waals surface area contributed by atoms with Crippen LogP contribution in [0.2, 0.25) is 0 Å². The van der Waals surface area contributed by atoms with Crippen LogP contribution in [0.15, 0.2) is 24.3 Å². The Bertz CT molecular complexity index is 1920. The van der Waals surface area contributed by atoms with Crippen molar-refractivity contribution in [1.29, 1.82) is 0 Å². The minimum Gasteiger partial charge on any atom is -0.466 e. The molecule has 0 fully saturated rings. The molecule has 0 amide bonds. The van der Waals surface area contributed by atoms with Crippen molar-refractivity contribution in [3.8, 4) is 28.0 Å². The Morgan fingerprint density at radius 2 is 0.923 bits per heavy atom. The lowest BCUT2D eigenvalue weighted by Crippen LogP contribution is -2.27. The van der Waals surface area contributed by atoms with Crippen molar-refractivity contribution in [1.82, 2.24) is 0 Å². The van der Waals surface area contributed by atoms with Gasteiger partial charge >= 0.3 is 14.6 Å². The van der Waals surface area contributed by atoms with Gasteiger partial charge in [-0.15, -0.1) is 0 Å². The van der Waals surface area contributed by atoms with Gasteiger partial charge in [-0.2, -0.15) is 0 Å². The zero-order valence-electron chi connectivity index (χ0n) is 44.4. The van der Waals surface area contributed by atoms with Crippen molar-refractivity contribution in [3.63, 3.8) is 0 Å². The van der Waals surface area contributed by atoms with Crippen LogP contribution >= 0.6 is 8.60 Å². The number of ether oxygens (including phenoxy) is 1. The van der Waals surface area contributed by atoms with Gasteiger partial charge in [0, 0.05) is 23.5 Å². The average molecular weight is 913 g/mol. The van der Waals surface area contributed by atoms with Gasteiger partial charge in [0.05, 0.1) is 6.61 Å². The maximum Gasteiger partial charge on any atom is 0.391 e. The Hall–Kier alpha value is -2.72. The van der Waals surface area contributed by atoms with E-state index in [9.17, 15) is 14.6 Å². The molecule has 0 aliphatic heterocycles. The van der Waals surface area contributed by atoms with Gasteiger partial charge in [0.25, 0.3) is 0 Å². The van der Waals surface area contributed by atoms with Crippen LogP contribution in [0.1, 0.15) is 262 Å². The molecule has 0 heterocycles. The summed E-state index contributed by atoms with van der Waals surface area (Å²) in [5.41, 5.74) is 13.4. The highest BCUT2D eigenvalue weighted by Crippen LogP contribution is 2.60. The van der Waals surface area contributed by atoms with Crippen molar-refractivity contribution in [2.75, 3.05) is 6.61 Å². The average Bonchev–Trinajstić information content (AvgIpc) is 3.18. The highest BCUT2D eigenvalue weighted by Gasteiger charge is 2.42. The molecular weight excluding hydrogens is 820 g/mol. The van der Waals surface area contributed by atoms with E-state index in [2.05, 4.69) is 135 Å². The quantitative estimate of drug-likeness (QED) is 0.0597. The van der Waals surface area contributed by atoms with Gasteiger partial charge in [-0.1, -0.05) is 229 Å². The van der Waals surface area contributed by atoms with E-state index in [0.717, 1.165) is 40.7 Å². The van der Waals surface area contributed by atoms with E-state index >= 15 is 0 Å². The van der Waals surface area contributed by atoms with E-state index in [0.29, 0.717) is 18.8 Å². The second kappa shape index (κ2) is 23.5. The van der Waals surface area contributed by atoms with Crippen molar-refractivity contribution < 1.29 is 23.8 Å². The third-order valence-corrected chi connectivity index (χ3v) is 14.1. The van der Waals surface area contributed by atoms with Crippen LogP contribution in [0, 0.1) is 13.8 Å². The summed E-state index contributed by atoms with van der Waals surface area (Å²) < 4.78 is 12.5. The number of unbranched alkanes of at least 4 members (excludes halogenated alkanes) is 15. The fourth-order valence-corrected chi connectivity index (χ4v) is 10.9. The molecule has 5 nitrogen and oxygen atoms in total. The van der Waals surface area contributed by atoms with Crippen molar-refractivity contribution in [2.45, 2.75) is 254 Å². The molecule has 0 radical (unpaired) electrons. The minimum absolute atomic E-state index is 0.0379. The van der Waals surface area contributed by atoms with Gasteiger partial charge < -0.3 is 19.0 Å². The summed E-state index contributed by atoms with van der Waals surface area (Å²) in [5, 5.41) is 0. The minimum atomic E-state index is -2.76. The van der Waals surface area contributed by atoms with E-state index in [4.69, 9.17) is 9.26 Å². The summed E-state index contributed by atoms with van der Waals surface area (Å²) in [6.45, 7) is 36.5. The first-order valence-electron chi connectivity index (χ1n) is 25.9. The predicted molar refractivity (Wildman–Crippen MR) is 280 cm³/mol. The molecule has 0 aromatic heterocycles. The molecule has 0 atom stereocenters. The number of carbonyl (C=O) groups is 1. The molecule has 0 spiro atoms. The maximum absolute atomic E-state index is 14.0. The zero-order valence-corrected chi connectivity index (χ0v) is 45.3. The molecule has 2 bridgehead atoms. The number of esters is 1. The molecule has 1 aliphatic carbocycles. The smallest absolute Gasteiger partial charge is 0.391 e. The Balaban J connectivity index is 1.75. The summed E-state index contributed by atoms with van der Waals surface area (Å²) in [6, 6.07) is 9.43. The van der Waals surface area contributed by atoms with Crippen molar-refractivity contribution in [2.24, 2.45) is 0 Å². The lowest BCUT2D eigenvalue weighted by Gasteiger charge is -2.41. The number of benzene rings is 3. The first-order valence-corrected chi connectivity index (χ1v) is 27.0. The molecule has 4 rings (SSSR count). The second-order valence-electron chi connectivity index (χ2n) is 24.0. The third kappa shape index (κ3) is 14.6. The van der Waals surface area contributed by atoms with Gasteiger partial charge in [0.2, 0.25) is 0 Å². The summed E-state index contributed by atoms with van der Waals surface area (Å²) in [5.74, 6) is 0.419. The van der Waals surface area contributed by atoms with Crippen molar-refractivity contribution >= 4 is 14.6 Å². The molecule has 65 heavy (non-hydrogen) atoms. The molecule has 2 N–H and O–H groups in total. The van der Waals surface area contributed by atoms with Gasteiger partial charge in [0.1, 0.15) is 5.75 Å². The van der Waals surface area contributed by atoms with Gasteiger partial charge in [-0.25, -0.2) is 0 Å². The van der Waals surface area contributed by atoms with Crippen LogP contribution in [0.5, 0.6) is 5.75 Å². The fraction of sp³-hybridized carbons (Fsp3) is 0.678. The van der Waals surface area contributed by atoms with Crippen LogP contribution in [-0.4, -0.2) is 22.4 Å². The Morgan fingerprint density at radius 3 is 1.26 bits per heavy atom. The van der Waals surface area contributed by atoms with E-state index in [-0.39, 0.29) is 29.1 Å². The number of rotatable bonds is 22. The van der Waals surface area contributed by atoms with Crippen LogP contribution in [0.3, 0.4) is 0 Å². The summed E-state index contributed by atoms with van der Waals surface area (Å²) in [4.78, 5) is 35.8. The monoisotopic (exact) mass is 913 g/mol. The van der Waals surface area contributed by atoms with Gasteiger partial charge in [-0.05, 0) is 98.4 Å². The highest BCUT2D eigenvalue weighted by molar-refractivity contribution is 7.39. The molecule has 364 valence electrons. The largest absolute Gasteiger partial charge is 0.466 e. The normalized spacial score (nSPS) is 13.5. The fourth-order valence-electron chi connectivity index (χ4n) is 10.5.